The van der Waals surface area contributed by atoms with Gasteiger partial charge in [0.05, 0.1) is 71.7 Å². The lowest BCUT2D eigenvalue weighted by Gasteiger charge is -2.24. The summed E-state index contributed by atoms with van der Waals surface area (Å²) in [4.78, 5) is 0. The van der Waals surface area contributed by atoms with Crippen LogP contribution in [-0.4, -0.2) is 36.5 Å². The van der Waals surface area contributed by atoms with E-state index in [1.165, 1.54) is 245 Å². The summed E-state index contributed by atoms with van der Waals surface area (Å²) < 4.78 is 28.3. The molecule has 0 fully saturated rings. The van der Waals surface area contributed by atoms with Crippen LogP contribution in [0.3, 0.4) is 0 Å². The Morgan fingerprint density at radius 2 is 0.400 bits per heavy atom. The maximum Gasteiger partial charge on any atom is 0.136 e. The number of furan rings is 1. The van der Waals surface area contributed by atoms with E-state index in [0.717, 1.165) is 11.2 Å². The van der Waals surface area contributed by atoms with E-state index in [2.05, 4.69) is 571 Å². The van der Waals surface area contributed by atoms with E-state index in [4.69, 9.17) is 4.42 Å². The van der Waals surface area contributed by atoms with E-state index in [0.29, 0.717) is 0 Å². The number of para-hydroxylation sites is 12. The van der Waals surface area contributed by atoms with Crippen molar-refractivity contribution < 1.29 is 4.42 Å². The van der Waals surface area contributed by atoms with Crippen LogP contribution in [0.5, 0.6) is 0 Å². The van der Waals surface area contributed by atoms with Crippen molar-refractivity contribution in [2.24, 2.45) is 0 Å². The summed E-state index contributed by atoms with van der Waals surface area (Å²) in [5.41, 5.74) is 31.0. The van der Waals surface area contributed by atoms with Crippen LogP contribution < -0.4 is 0 Å². The quantitative estimate of drug-likeness (QED) is 0.169. The number of benzene rings is 20. The number of rotatable bonds is 5. The summed E-state index contributed by atoms with van der Waals surface area (Å²) in [5, 5.41) is 25.8. The largest absolute Gasteiger partial charge is 0.456 e. The molecule has 0 aliphatic rings. The number of fused-ring (bicyclic) bond motifs is 30. The minimum Gasteiger partial charge on any atom is -0.456 e. The summed E-state index contributed by atoms with van der Waals surface area (Å²) in [6.07, 6.45) is 0. The molecule has 9 nitrogen and oxygen atoms in total. The smallest absolute Gasteiger partial charge is 0.136 e. The molecule has 20 aromatic carbocycles. The van der Waals surface area contributed by atoms with Crippen molar-refractivity contribution in [1.82, 2.24) is 36.5 Å². The number of hydrogen-bond acceptors (Lipinski definition) is 2. The number of thiophene rings is 1. The first-order valence-corrected chi connectivity index (χ1v) is 53.4. The van der Waals surface area contributed by atoms with Gasteiger partial charge in [0.1, 0.15) is 11.2 Å². The highest BCUT2D eigenvalue weighted by molar-refractivity contribution is 7.25. The molecule has 0 aliphatic carbocycles. The molecule has 0 amide bonds. The molecular formula is C140H118N8OS. The van der Waals surface area contributed by atoms with Gasteiger partial charge in [0.25, 0.3) is 0 Å². The third kappa shape index (κ3) is 15.4. The Balaban J connectivity index is 0.0000000955. The van der Waals surface area contributed by atoms with Crippen molar-refractivity contribution in [3.8, 4) is 28.4 Å². The van der Waals surface area contributed by atoms with Crippen molar-refractivity contribution in [3.05, 3.63) is 454 Å². The van der Waals surface area contributed by atoms with Crippen LogP contribution in [-0.2, 0) is 27.4 Å². The first kappa shape index (κ1) is 92.7. The van der Waals surface area contributed by atoms with Crippen LogP contribution >= 0.6 is 11.3 Å². The minimum absolute atomic E-state index is 0.00711. The van der Waals surface area contributed by atoms with Gasteiger partial charge in [-0.3, -0.25) is 0 Å². The highest BCUT2D eigenvalue weighted by atomic mass is 32.1. The van der Waals surface area contributed by atoms with Crippen LogP contribution in [0.4, 0.5) is 0 Å². The first-order valence-electron chi connectivity index (χ1n) is 52.6. The Labute approximate surface area is 876 Å². The SMILES string of the molecule is CC(C)(C)c1ccc(-n2c3ccccc3c3cc4c(cc32)c2ccccc2n4-c2ccccc2)cc1.CC(C)(C)c1ccc2c(c1)c1cc3c(cc1n2-c1ccccc1)c1ccccc1n3-c1ccccc1.CC(C)(C)n1c2ccccc2c2cc3c(cc21)c1ccccc1n3-c1ccccc1.CC(C)(C)n1c2ccccc2c2cc3oc4ccccc4c3cc21.CC(C)(C)n1c2ccccc2c2cc3sc4ccccc4c3cc21. The third-order valence-electron chi connectivity index (χ3n) is 30.8. The monoisotopic (exact) mass is 1960 g/mol. The molecule has 30 rings (SSSR count). The Morgan fingerprint density at radius 1 is 0.153 bits per heavy atom. The molecule has 0 spiro atoms. The second-order valence-electron chi connectivity index (χ2n) is 45.5. The van der Waals surface area contributed by atoms with E-state index in [-0.39, 0.29) is 27.4 Å². The van der Waals surface area contributed by atoms with Crippen LogP contribution in [0.1, 0.15) is 115 Å². The maximum absolute atomic E-state index is 6.10. The molecule has 0 unspecified atom stereocenters. The third-order valence-corrected chi connectivity index (χ3v) is 31.9. The topological polar surface area (TPSA) is 52.6 Å². The number of hydrogen-bond donors (Lipinski definition) is 0. The molecule has 0 atom stereocenters. The molecule has 0 saturated heterocycles. The number of aromatic nitrogens is 8. The number of nitrogens with zero attached hydrogens (tertiary/aromatic N) is 8. The zero-order valence-corrected chi connectivity index (χ0v) is 88.4. The highest BCUT2D eigenvalue weighted by Crippen LogP contribution is 2.49. The van der Waals surface area contributed by atoms with Crippen molar-refractivity contribution in [2.75, 3.05) is 0 Å². The fourth-order valence-electron chi connectivity index (χ4n) is 24.2. The van der Waals surface area contributed by atoms with Gasteiger partial charge in [0.2, 0.25) is 0 Å². The van der Waals surface area contributed by atoms with Crippen LogP contribution in [0, 0.1) is 0 Å². The zero-order valence-electron chi connectivity index (χ0n) is 87.5. The summed E-state index contributed by atoms with van der Waals surface area (Å²) in [7, 11) is 0. The van der Waals surface area contributed by atoms with Gasteiger partial charge in [-0.1, -0.05) is 296 Å². The van der Waals surface area contributed by atoms with Gasteiger partial charge in [0.15, 0.2) is 0 Å². The zero-order chi connectivity index (χ0) is 102. The van der Waals surface area contributed by atoms with E-state index >= 15 is 0 Å². The van der Waals surface area contributed by atoms with Crippen molar-refractivity contribution in [1.29, 1.82) is 0 Å². The molecule has 10 aromatic heterocycles. The second kappa shape index (κ2) is 35.3. The van der Waals surface area contributed by atoms with Crippen molar-refractivity contribution >= 4 is 228 Å². The molecule has 0 saturated carbocycles. The fraction of sp³-hybridized carbons (Fsp3) is 0.143. The molecule has 150 heavy (non-hydrogen) atoms. The van der Waals surface area contributed by atoms with Gasteiger partial charge in [-0.2, -0.15) is 0 Å². The molecule has 0 aliphatic heterocycles. The van der Waals surface area contributed by atoms with Gasteiger partial charge < -0.3 is 41.0 Å². The first-order chi connectivity index (χ1) is 72.6. The normalized spacial score (nSPS) is 12.5. The van der Waals surface area contributed by atoms with Gasteiger partial charge in [-0.05, 0) is 272 Å². The fourth-order valence-corrected chi connectivity index (χ4v) is 25.3. The molecule has 10 heteroatoms. The predicted molar refractivity (Wildman–Crippen MR) is 645 cm³/mol. The summed E-state index contributed by atoms with van der Waals surface area (Å²) in [5.74, 6) is 0. The standard InChI is InChI=1S/2C34H28N2.C28H24N2.C22H19NO.C22H19NS/c1-34(2,3)23-18-19-31-27(20-23)29-22-32-28(21-33(29)36(31)25-14-8-5-9-15-25)26-16-10-11-17-30(26)35(32)24-12-6-4-7-13-24;1-34(2,3)23-17-19-25(20-18-23)36-31-16-10-8-14-27(31)29-21-32-28(22-33(29)36)26-13-7-9-15-30(26)35(32)24-11-5-4-6-12-24;1-28(2,3)30-25-16-10-8-14-21(25)23-17-26-22(18-27(23)30)20-13-7-9-15-24(20)29(26)19-11-5-4-6-12-19;2*1-22(2,3)23-18-10-6-4-8-14(18)16-13-21-17(12-19(16)23)15-9-5-7-11-20(15)24-21/h2*4-22H,1-3H3;4-18H,1-3H3;2*4-13H,1-3H3. The molecular weight excluding hydrogens is 1840 g/mol. The molecule has 0 radical (unpaired) electrons. The average Bonchev–Trinajstić information content (AvgIpc) is 1.57. The summed E-state index contributed by atoms with van der Waals surface area (Å²) in [6, 6.07) is 161. The van der Waals surface area contributed by atoms with Crippen LogP contribution in [0.2, 0.25) is 0 Å². The Bertz CT molecular complexity index is 10400. The van der Waals surface area contributed by atoms with Crippen molar-refractivity contribution in [3.63, 3.8) is 0 Å². The lowest BCUT2D eigenvalue weighted by molar-refractivity contribution is 0.423. The highest BCUT2D eigenvalue weighted by Gasteiger charge is 2.30. The van der Waals surface area contributed by atoms with Crippen LogP contribution in [0.25, 0.3) is 245 Å². The van der Waals surface area contributed by atoms with E-state index in [9.17, 15) is 0 Å². The Morgan fingerprint density at radius 3 is 0.760 bits per heavy atom. The van der Waals surface area contributed by atoms with Crippen LogP contribution in [0.15, 0.2) is 447 Å². The average molecular weight is 1960 g/mol. The predicted octanol–water partition coefficient (Wildman–Crippen LogP) is 39.4. The molecule has 30 aromatic rings. The molecule has 0 bridgehead atoms. The summed E-state index contributed by atoms with van der Waals surface area (Å²) >= 11 is 1.89. The lowest BCUT2D eigenvalue weighted by atomic mass is 9.86. The van der Waals surface area contributed by atoms with Gasteiger partial charge >= 0.3 is 0 Å². The molecule has 730 valence electrons. The van der Waals surface area contributed by atoms with E-state index in [1.807, 2.05) is 23.5 Å². The summed E-state index contributed by atoms with van der Waals surface area (Å²) in [6.45, 7) is 34.2. The Hall–Kier alpha value is -17.2. The van der Waals surface area contributed by atoms with Gasteiger partial charge in [-0.25, -0.2) is 0 Å². The minimum atomic E-state index is -0.00711. The maximum atomic E-state index is 6.10. The van der Waals surface area contributed by atoms with Crippen molar-refractivity contribution in [2.45, 2.75) is 131 Å². The lowest BCUT2D eigenvalue weighted by Crippen LogP contribution is -2.21. The molecule has 0 N–H and O–H groups in total. The van der Waals surface area contributed by atoms with E-state index < -0.39 is 0 Å². The van der Waals surface area contributed by atoms with Gasteiger partial charge in [0, 0.05) is 179 Å². The van der Waals surface area contributed by atoms with E-state index in [1.54, 1.807) is 0 Å². The Kier molecular flexibility index (Phi) is 21.8. The van der Waals surface area contributed by atoms with Gasteiger partial charge in [-0.15, -0.1) is 11.3 Å². The molecule has 10 heterocycles. The second-order valence-corrected chi connectivity index (χ2v) is 46.6.